The number of hydrogen-bond acceptors (Lipinski definition) is 3. The lowest BCUT2D eigenvalue weighted by molar-refractivity contribution is 0.486. The molecule has 0 unspecified atom stereocenters. The molecule has 0 bridgehead atoms. The van der Waals surface area contributed by atoms with Crippen LogP contribution >= 0.6 is 0 Å². The van der Waals surface area contributed by atoms with E-state index in [-0.39, 0.29) is 0 Å². The first-order valence-electron chi connectivity index (χ1n) is 19.5. The zero-order valence-corrected chi connectivity index (χ0v) is 31.4. The Balaban J connectivity index is 1.05. The van der Waals surface area contributed by atoms with Crippen LogP contribution in [0, 0.1) is 6.92 Å². The van der Waals surface area contributed by atoms with Crippen molar-refractivity contribution >= 4 is 71.2 Å². The van der Waals surface area contributed by atoms with Gasteiger partial charge in [0.2, 0.25) is 5.95 Å². The Morgan fingerprint density at radius 1 is 0.526 bits per heavy atom. The molecule has 12 rings (SSSR count). The Morgan fingerprint density at radius 3 is 2.04 bits per heavy atom. The number of fused-ring (bicyclic) bond motifs is 9. The number of aromatic nitrogens is 4. The molecule has 5 nitrogen and oxygen atoms in total. The topological polar surface area (TPSA) is 44.9 Å². The number of nitrogens with zero attached hydrogens (tertiary/aromatic N) is 4. The molecule has 0 fully saturated rings. The molecule has 0 amide bonds. The van der Waals surface area contributed by atoms with Crippen molar-refractivity contribution in [2.45, 2.75) is 13.8 Å². The van der Waals surface area contributed by atoms with E-state index in [0.29, 0.717) is 5.95 Å². The molecule has 0 atom stereocenters. The van der Waals surface area contributed by atoms with E-state index in [1.165, 1.54) is 55.0 Å². The lowest BCUT2D eigenvalue weighted by Gasteiger charge is -2.20. The maximum Gasteiger partial charge on any atom is 0.235 e. The first-order chi connectivity index (χ1) is 28.1. The van der Waals surface area contributed by atoms with Crippen LogP contribution in [0.4, 0.5) is 0 Å². The molecule has 1 aliphatic rings. The van der Waals surface area contributed by atoms with E-state index in [4.69, 9.17) is 14.7 Å². The minimum Gasteiger partial charge on any atom is -0.456 e. The summed E-state index contributed by atoms with van der Waals surface area (Å²) >= 11 is 0. The largest absolute Gasteiger partial charge is 0.456 e. The minimum absolute atomic E-state index is 0.640. The van der Waals surface area contributed by atoms with Crippen LogP contribution in [-0.4, -0.2) is 19.1 Å². The summed E-state index contributed by atoms with van der Waals surface area (Å²) in [5.74, 6) is 2.23. The van der Waals surface area contributed by atoms with Gasteiger partial charge in [0.05, 0.1) is 38.8 Å². The molecule has 0 aliphatic carbocycles. The van der Waals surface area contributed by atoms with Crippen LogP contribution < -0.4 is 4.74 Å². The third-order valence-electron chi connectivity index (χ3n) is 11.8. The monoisotopic (exact) mass is 730 g/mol. The van der Waals surface area contributed by atoms with Gasteiger partial charge in [-0.05, 0) is 113 Å². The Bertz CT molecular complexity index is 3530. The van der Waals surface area contributed by atoms with Crippen molar-refractivity contribution in [2.24, 2.45) is 0 Å². The Kier molecular flexibility index (Phi) is 6.70. The zero-order chi connectivity index (χ0) is 37.8. The van der Waals surface area contributed by atoms with Crippen LogP contribution in [-0.2, 0) is 0 Å². The highest BCUT2D eigenvalue weighted by Crippen LogP contribution is 2.46. The van der Waals surface area contributed by atoms with Crippen molar-refractivity contribution in [3.05, 3.63) is 175 Å². The molecule has 1 aliphatic heterocycles. The fourth-order valence-electron chi connectivity index (χ4n) is 9.24. The highest BCUT2D eigenvalue weighted by Gasteiger charge is 2.25. The summed E-state index contributed by atoms with van der Waals surface area (Å²) in [5, 5.41) is 9.50. The van der Waals surface area contributed by atoms with Crippen molar-refractivity contribution in [3.63, 3.8) is 0 Å². The summed E-state index contributed by atoms with van der Waals surface area (Å²) in [4.78, 5) is 10.5. The smallest absolute Gasteiger partial charge is 0.235 e. The fourth-order valence-corrected chi connectivity index (χ4v) is 9.24. The Labute approximate surface area is 328 Å². The number of aryl methyl sites for hydroxylation is 1. The summed E-state index contributed by atoms with van der Waals surface area (Å²) in [6, 6.07) is 56.3. The molecule has 0 saturated carbocycles. The molecule has 11 aromatic rings. The second kappa shape index (κ2) is 12.0. The highest BCUT2D eigenvalue weighted by molar-refractivity contribution is 6.13. The summed E-state index contributed by atoms with van der Waals surface area (Å²) in [6.45, 7) is 4.35. The van der Waals surface area contributed by atoms with Gasteiger partial charge < -0.3 is 9.30 Å². The predicted molar refractivity (Wildman–Crippen MR) is 236 cm³/mol. The van der Waals surface area contributed by atoms with E-state index in [9.17, 15) is 0 Å². The standard InChI is InChI=1S/C52H34N4O/c1-3-13-43-31(2)40-28-32(24-26-45(40)55(43)47-30-34-14-4-5-15-35(34)36-16-6-7-17-37(36)47)33-25-27-46-41(29-33)38-18-8-10-21-44(38)56(46)52-53-42-20-12-23-49-50(42)51(54-52)39-19-9-11-22-48(39)57-49/h3-30H,1-2H3/b13-3-. The van der Waals surface area contributed by atoms with Gasteiger partial charge in [-0.1, -0.05) is 103 Å². The van der Waals surface area contributed by atoms with Crippen LogP contribution in [0.5, 0.6) is 11.5 Å². The van der Waals surface area contributed by atoms with Gasteiger partial charge in [-0.15, -0.1) is 0 Å². The minimum atomic E-state index is 0.640. The van der Waals surface area contributed by atoms with Gasteiger partial charge in [0, 0.05) is 32.8 Å². The molecular weight excluding hydrogens is 697 g/mol. The van der Waals surface area contributed by atoms with Crippen LogP contribution in [0.25, 0.3) is 105 Å². The summed E-state index contributed by atoms with van der Waals surface area (Å²) in [5.41, 5.74) is 12.0. The van der Waals surface area contributed by atoms with E-state index >= 15 is 0 Å². The Hall–Kier alpha value is -7.50. The third kappa shape index (κ3) is 4.57. The average molecular weight is 731 g/mol. The van der Waals surface area contributed by atoms with Crippen LogP contribution in [0.2, 0.25) is 0 Å². The SMILES string of the molecule is C/C=C\c1c(C)c2cc(-c3ccc4c(c3)c3ccccc3n4-c3nc4c5c(cccc5n3)Oc3ccccc3-4)ccc2n1-c1cc2ccccc2c2ccccc12. The van der Waals surface area contributed by atoms with Crippen LogP contribution in [0.15, 0.2) is 164 Å². The van der Waals surface area contributed by atoms with Gasteiger partial charge in [-0.2, -0.15) is 0 Å². The van der Waals surface area contributed by atoms with Crippen molar-refractivity contribution < 1.29 is 4.74 Å². The van der Waals surface area contributed by atoms with Crippen LogP contribution in [0.1, 0.15) is 18.2 Å². The molecule has 8 aromatic carbocycles. The molecule has 268 valence electrons. The summed E-state index contributed by atoms with van der Waals surface area (Å²) < 4.78 is 11.0. The Morgan fingerprint density at radius 2 is 1.19 bits per heavy atom. The maximum atomic E-state index is 6.29. The number of para-hydroxylation sites is 2. The molecule has 57 heavy (non-hydrogen) atoms. The van der Waals surface area contributed by atoms with Crippen molar-refractivity contribution in [2.75, 3.05) is 0 Å². The van der Waals surface area contributed by atoms with Gasteiger partial charge in [0.15, 0.2) is 0 Å². The highest BCUT2D eigenvalue weighted by atomic mass is 16.5. The lowest BCUT2D eigenvalue weighted by Crippen LogP contribution is -2.06. The van der Waals surface area contributed by atoms with Gasteiger partial charge in [-0.3, -0.25) is 4.57 Å². The maximum absolute atomic E-state index is 6.29. The molecule has 3 aromatic heterocycles. The van der Waals surface area contributed by atoms with Crippen molar-refractivity contribution in [1.29, 1.82) is 0 Å². The van der Waals surface area contributed by atoms with Crippen LogP contribution in [0.3, 0.4) is 0 Å². The second-order valence-corrected chi connectivity index (χ2v) is 14.9. The molecule has 4 heterocycles. The number of hydrogen-bond donors (Lipinski definition) is 0. The molecule has 0 N–H and O–H groups in total. The van der Waals surface area contributed by atoms with Crippen molar-refractivity contribution in [1.82, 2.24) is 19.1 Å². The van der Waals surface area contributed by atoms with Gasteiger partial charge in [-0.25, -0.2) is 9.97 Å². The van der Waals surface area contributed by atoms with E-state index in [1.807, 2.05) is 36.4 Å². The fraction of sp³-hybridized carbons (Fsp3) is 0.0385. The van der Waals surface area contributed by atoms with Gasteiger partial charge >= 0.3 is 0 Å². The third-order valence-corrected chi connectivity index (χ3v) is 11.8. The molecule has 5 heteroatoms. The first kappa shape index (κ1) is 31.8. The van der Waals surface area contributed by atoms with Gasteiger partial charge in [0.25, 0.3) is 0 Å². The number of rotatable bonds is 4. The number of ether oxygens (including phenoxy) is 1. The molecule has 0 spiro atoms. The van der Waals surface area contributed by atoms with E-state index in [0.717, 1.165) is 61.0 Å². The number of allylic oxidation sites excluding steroid dienone is 1. The molecular formula is C52H34N4O. The predicted octanol–water partition coefficient (Wildman–Crippen LogP) is 13.8. The average Bonchev–Trinajstić information content (AvgIpc) is 3.74. The van der Waals surface area contributed by atoms with Crippen molar-refractivity contribution in [3.8, 4) is 45.5 Å². The van der Waals surface area contributed by atoms with E-state index in [2.05, 4.69) is 156 Å². The molecule has 0 saturated heterocycles. The summed E-state index contributed by atoms with van der Waals surface area (Å²) in [6.07, 6.45) is 4.39. The van der Waals surface area contributed by atoms with Gasteiger partial charge in [0.1, 0.15) is 11.5 Å². The lowest BCUT2D eigenvalue weighted by atomic mass is 9.99. The quantitative estimate of drug-likeness (QED) is 0.169. The van der Waals surface area contributed by atoms with E-state index < -0.39 is 0 Å². The normalized spacial score (nSPS) is 12.5. The zero-order valence-electron chi connectivity index (χ0n) is 31.4. The van der Waals surface area contributed by atoms with E-state index in [1.54, 1.807) is 0 Å². The first-order valence-corrected chi connectivity index (χ1v) is 19.5. The molecule has 0 radical (unpaired) electrons. The second-order valence-electron chi connectivity index (χ2n) is 14.9. The summed E-state index contributed by atoms with van der Waals surface area (Å²) in [7, 11) is 0. The number of benzene rings is 8.